The molecule has 2 fully saturated rings. The van der Waals surface area contributed by atoms with Crippen LogP contribution in [0.2, 0.25) is 0 Å². The number of likely N-dealkylation sites (tertiary alicyclic amines) is 2. The third-order valence-corrected chi connectivity index (χ3v) is 6.20. The zero-order valence-electron chi connectivity index (χ0n) is 16.5. The lowest BCUT2D eigenvalue weighted by Crippen LogP contribution is -2.55. The molecule has 0 bridgehead atoms. The lowest BCUT2D eigenvalue weighted by atomic mass is 9.73. The maximum atomic E-state index is 12.3. The number of para-hydroxylation sites is 1. The van der Waals surface area contributed by atoms with Crippen LogP contribution in [-0.4, -0.2) is 51.2 Å². The van der Waals surface area contributed by atoms with E-state index in [2.05, 4.69) is 53.0 Å². The molecule has 1 atom stereocenters. The SMILES string of the molecule is CC(C)N1C[C@@]2(CCCN(Cc3ccccc3-n3cccn3)C2)CCC1=O. The van der Waals surface area contributed by atoms with Gasteiger partial charge in [0.05, 0.1) is 5.69 Å². The molecule has 0 aliphatic carbocycles. The van der Waals surface area contributed by atoms with E-state index in [-0.39, 0.29) is 5.41 Å². The van der Waals surface area contributed by atoms with Gasteiger partial charge in [0.15, 0.2) is 0 Å². The van der Waals surface area contributed by atoms with E-state index in [1.54, 1.807) is 0 Å². The lowest BCUT2D eigenvalue weighted by molar-refractivity contribution is -0.141. The Balaban J connectivity index is 1.51. The van der Waals surface area contributed by atoms with Crippen LogP contribution < -0.4 is 0 Å². The Morgan fingerprint density at radius 1 is 1.15 bits per heavy atom. The number of rotatable bonds is 4. The van der Waals surface area contributed by atoms with E-state index in [9.17, 15) is 4.79 Å². The molecule has 1 spiro atoms. The highest BCUT2D eigenvalue weighted by atomic mass is 16.2. The van der Waals surface area contributed by atoms with E-state index in [1.807, 2.05) is 23.1 Å². The summed E-state index contributed by atoms with van der Waals surface area (Å²) in [7, 11) is 0. The van der Waals surface area contributed by atoms with Crippen molar-refractivity contribution >= 4 is 5.91 Å². The Labute approximate surface area is 162 Å². The minimum atomic E-state index is 0.261. The van der Waals surface area contributed by atoms with Crippen molar-refractivity contribution in [3.05, 3.63) is 48.3 Å². The van der Waals surface area contributed by atoms with Crippen LogP contribution in [0.3, 0.4) is 0 Å². The van der Waals surface area contributed by atoms with Crippen LogP contribution >= 0.6 is 0 Å². The highest BCUT2D eigenvalue weighted by Crippen LogP contribution is 2.40. The van der Waals surface area contributed by atoms with Crippen LogP contribution in [0, 0.1) is 5.41 Å². The van der Waals surface area contributed by atoms with Crippen molar-refractivity contribution in [1.29, 1.82) is 0 Å². The summed E-state index contributed by atoms with van der Waals surface area (Å²) in [6, 6.07) is 10.8. The van der Waals surface area contributed by atoms with Gasteiger partial charge in [-0.25, -0.2) is 4.68 Å². The number of benzene rings is 1. The predicted octanol–water partition coefficient (Wildman–Crippen LogP) is 3.49. The summed E-state index contributed by atoms with van der Waals surface area (Å²) in [5.74, 6) is 0.330. The van der Waals surface area contributed by atoms with Crippen molar-refractivity contribution in [2.75, 3.05) is 19.6 Å². The van der Waals surface area contributed by atoms with E-state index in [0.717, 1.165) is 38.3 Å². The number of amides is 1. The quantitative estimate of drug-likeness (QED) is 0.832. The molecule has 2 aliphatic heterocycles. The van der Waals surface area contributed by atoms with Crippen molar-refractivity contribution in [2.24, 2.45) is 5.41 Å². The summed E-state index contributed by atoms with van der Waals surface area (Å²) in [5, 5.41) is 4.42. The van der Waals surface area contributed by atoms with E-state index in [0.29, 0.717) is 18.4 Å². The Morgan fingerprint density at radius 3 is 2.78 bits per heavy atom. The van der Waals surface area contributed by atoms with Crippen molar-refractivity contribution in [3.8, 4) is 5.69 Å². The highest BCUT2D eigenvalue weighted by molar-refractivity contribution is 5.77. The first kappa shape index (κ1) is 18.2. The summed E-state index contributed by atoms with van der Waals surface area (Å²) in [6.07, 6.45) is 8.02. The zero-order valence-corrected chi connectivity index (χ0v) is 16.5. The molecule has 1 aromatic carbocycles. The smallest absolute Gasteiger partial charge is 0.222 e. The van der Waals surface area contributed by atoms with Crippen molar-refractivity contribution in [1.82, 2.24) is 19.6 Å². The molecule has 2 aliphatic rings. The van der Waals surface area contributed by atoms with Crippen LogP contribution in [0.4, 0.5) is 0 Å². The van der Waals surface area contributed by atoms with Gasteiger partial charge in [-0.05, 0) is 57.4 Å². The van der Waals surface area contributed by atoms with Gasteiger partial charge in [-0.3, -0.25) is 9.69 Å². The van der Waals surface area contributed by atoms with Gasteiger partial charge in [-0.15, -0.1) is 0 Å². The van der Waals surface area contributed by atoms with Gasteiger partial charge in [0, 0.05) is 49.9 Å². The fourth-order valence-corrected chi connectivity index (χ4v) is 4.81. The van der Waals surface area contributed by atoms with Crippen LogP contribution in [0.5, 0.6) is 0 Å². The molecule has 5 nitrogen and oxygen atoms in total. The number of piperidine rings is 2. The fourth-order valence-electron chi connectivity index (χ4n) is 4.81. The second-order valence-electron chi connectivity index (χ2n) is 8.51. The normalized spacial score (nSPS) is 24.1. The first-order valence-electron chi connectivity index (χ1n) is 10.2. The van der Waals surface area contributed by atoms with E-state index in [1.165, 1.54) is 18.4 Å². The van der Waals surface area contributed by atoms with Gasteiger partial charge in [0.2, 0.25) is 5.91 Å². The standard InChI is InChI=1S/C22H30N4O/c1-18(2)25-17-22(11-9-21(25)27)10-5-13-24(16-22)15-19-7-3-4-8-20(19)26-14-6-12-23-26/h3-4,6-8,12,14,18H,5,9-11,13,15-17H2,1-2H3/t22-/m0/s1. The Morgan fingerprint density at radius 2 is 2.00 bits per heavy atom. The minimum absolute atomic E-state index is 0.261. The Bertz CT molecular complexity index is 785. The molecule has 0 N–H and O–H groups in total. The number of nitrogens with zero attached hydrogens (tertiary/aromatic N) is 4. The molecule has 27 heavy (non-hydrogen) atoms. The summed E-state index contributed by atoms with van der Waals surface area (Å²) in [6.45, 7) is 8.34. The molecule has 3 heterocycles. The third kappa shape index (κ3) is 3.79. The first-order valence-corrected chi connectivity index (χ1v) is 10.2. The third-order valence-electron chi connectivity index (χ3n) is 6.20. The van der Waals surface area contributed by atoms with Gasteiger partial charge in [0.25, 0.3) is 0 Å². The molecule has 4 rings (SSSR count). The van der Waals surface area contributed by atoms with Gasteiger partial charge >= 0.3 is 0 Å². The summed E-state index contributed by atoms with van der Waals surface area (Å²) in [5.41, 5.74) is 2.73. The van der Waals surface area contributed by atoms with Gasteiger partial charge < -0.3 is 4.90 Å². The summed E-state index contributed by atoms with van der Waals surface area (Å²) < 4.78 is 1.95. The zero-order chi connectivity index (χ0) is 18.9. The van der Waals surface area contributed by atoms with Crippen LogP contribution in [0.1, 0.15) is 45.1 Å². The number of carbonyl (C=O) groups is 1. The topological polar surface area (TPSA) is 41.4 Å². The Kier molecular flexibility index (Phi) is 5.04. The van der Waals surface area contributed by atoms with E-state index >= 15 is 0 Å². The Hall–Kier alpha value is -2.14. The number of hydrogen-bond donors (Lipinski definition) is 0. The van der Waals surface area contributed by atoms with Crippen LogP contribution in [-0.2, 0) is 11.3 Å². The molecule has 1 amide bonds. The van der Waals surface area contributed by atoms with Crippen molar-refractivity contribution in [3.63, 3.8) is 0 Å². The summed E-state index contributed by atoms with van der Waals surface area (Å²) >= 11 is 0. The van der Waals surface area contributed by atoms with Gasteiger partial charge in [0.1, 0.15) is 0 Å². The van der Waals surface area contributed by atoms with E-state index in [4.69, 9.17) is 0 Å². The molecule has 144 valence electrons. The number of carbonyl (C=O) groups excluding carboxylic acids is 1. The molecular formula is C22H30N4O. The molecule has 0 unspecified atom stereocenters. The lowest BCUT2D eigenvalue weighted by Gasteiger charge is -2.49. The molecule has 1 aromatic heterocycles. The van der Waals surface area contributed by atoms with Crippen LogP contribution in [0.25, 0.3) is 5.69 Å². The van der Waals surface area contributed by atoms with Crippen LogP contribution in [0.15, 0.2) is 42.7 Å². The van der Waals surface area contributed by atoms with Crippen molar-refractivity contribution < 1.29 is 4.79 Å². The molecule has 0 saturated carbocycles. The predicted molar refractivity (Wildman–Crippen MR) is 107 cm³/mol. The molecule has 2 saturated heterocycles. The number of hydrogen-bond acceptors (Lipinski definition) is 3. The minimum Gasteiger partial charge on any atom is -0.340 e. The molecule has 2 aromatic rings. The van der Waals surface area contributed by atoms with E-state index < -0.39 is 0 Å². The molecule has 5 heteroatoms. The van der Waals surface area contributed by atoms with Crippen molar-refractivity contribution in [2.45, 2.75) is 52.1 Å². The fraction of sp³-hybridized carbons (Fsp3) is 0.545. The summed E-state index contributed by atoms with van der Waals surface area (Å²) in [4.78, 5) is 17.0. The largest absolute Gasteiger partial charge is 0.340 e. The second kappa shape index (κ2) is 7.47. The molecular weight excluding hydrogens is 336 g/mol. The average Bonchev–Trinajstić information content (AvgIpc) is 3.19. The first-order chi connectivity index (χ1) is 13.1. The molecule has 0 radical (unpaired) electrons. The average molecular weight is 367 g/mol. The highest BCUT2D eigenvalue weighted by Gasteiger charge is 2.42. The maximum absolute atomic E-state index is 12.3. The monoisotopic (exact) mass is 366 g/mol. The maximum Gasteiger partial charge on any atom is 0.222 e. The second-order valence-corrected chi connectivity index (χ2v) is 8.51. The number of aromatic nitrogens is 2. The van der Waals surface area contributed by atoms with Gasteiger partial charge in [-0.2, -0.15) is 5.10 Å². The van der Waals surface area contributed by atoms with Gasteiger partial charge in [-0.1, -0.05) is 18.2 Å².